The van der Waals surface area contributed by atoms with Gasteiger partial charge in [-0.15, -0.1) is 0 Å². The lowest BCUT2D eigenvalue weighted by atomic mass is 10.0. The topological polar surface area (TPSA) is 84.7 Å². The first kappa shape index (κ1) is 15.7. The van der Waals surface area contributed by atoms with Crippen molar-refractivity contribution >= 4 is 11.9 Å². The van der Waals surface area contributed by atoms with E-state index < -0.39 is 29.8 Å². The maximum Gasteiger partial charge on any atom is 0.420 e. The molecule has 1 saturated heterocycles. The largest absolute Gasteiger partial charge is 0.420 e. The number of halogens is 3. The fraction of sp³-hybridized carbons (Fsp3) is 0.800. The quantitative estimate of drug-likeness (QED) is 0.707. The third-order valence-electron chi connectivity index (χ3n) is 2.89. The minimum absolute atomic E-state index is 0.00632. The molecule has 1 aliphatic heterocycles. The van der Waals surface area contributed by atoms with E-state index in [1.807, 2.05) is 0 Å². The second kappa shape index (κ2) is 5.33. The molecular formula is C10H16F3N3O3. The van der Waals surface area contributed by atoms with Crippen molar-refractivity contribution < 1.29 is 27.5 Å². The van der Waals surface area contributed by atoms with E-state index in [4.69, 9.17) is 10.5 Å². The summed E-state index contributed by atoms with van der Waals surface area (Å²) in [5.74, 6) is -1.34. The Balaban J connectivity index is 2.88. The van der Waals surface area contributed by atoms with E-state index in [0.29, 0.717) is 11.8 Å². The summed E-state index contributed by atoms with van der Waals surface area (Å²) in [6.07, 6.45) is -5.55. The van der Waals surface area contributed by atoms with Crippen LogP contribution in [-0.2, 0) is 9.53 Å². The lowest BCUT2D eigenvalue weighted by Gasteiger charge is -2.25. The molecule has 1 fully saturated rings. The molecule has 0 aromatic carbocycles. The Hall–Kier alpha value is -1.35. The van der Waals surface area contributed by atoms with Crippen molar-refractivity contribution in [3.63, 3.8) is 0 Å². The number of ether oxygens (including phenoxy) is 1. The molecule has 0 aromatic rings. The number of alkyl halides is 3. The normalized spacial score (nSPS) is 25.7. The van der Waals surface area contributed by atoms with Crippen LogP contribution in [0, 0.1) is 0 Å². The lowest BCUT2D eigenvalue weighted by molar-refractivity contribution is -0.191. The molecule has 2 atom stereocenters. The van der Waals surface area contributed by atoms with Gasteiger partial charge in [0.1, 0.15) is 0 Å². The first-order valence-electron chi connectivity index (χ1n) is 5.69. The van der Waals surface area contributed by atoms with Gasteiger partial charge in [-0.2, -0.15) is 13.2 Å². The molecule has 3 N–H and O–H groups in total. The molecule has 19 heavy (non-hydrogen) atoms. The van der Waals surface area contributed by atoms with Crippen molar-refractivity contribution in [1.29, 1.82) is 0 Å². The zero-order valence-electron chi connectivity index (χ0n) is 10.6. The summed E-state index contributed by atoms with van der Waals surface area (Å²) in [5.41, 5.74) is 2.47. The molecule has 1 rings (SSSR count). The predicted molar refractivity (Wildman–Crippen MR) is 59.2 cm³/mol. The number of hydrogen-bond donors (Lipinski definition) is 2. The van der Waals surface area contributed by atoms with E-state index >= 15 is 0 Å². The van der Waals surface area contributed by atoms with E-state index in [1.54, 1.807) is 12.2 Å². The molecule has 1 aliphatic rings. The lowest BCUT2D eigenvalue weighted by Crippen LogP contribution is -2.56. The van der Waals surface area contributed by atoms with Crippen LogP contribution in [0.25, 0.3) is 0 Å². The Bertz CT molecular complexity index is 375. The van der Waals surface area contributed by atoms with Crippen LogP contribution in [0.1, 0.15) is 13.8 Å². The van der Waals surface area contributed by atoms with Gasteiger partial charge in [-0.05, 0) is 13.8 Å². The summed E-state index contributed by atoms with van der Waals surface area (Å²) < 4.78 is 43.5. The SMILES string of the molecule is CCOC(CN)CN1C(=O)NC(C)(C(F)(F)F)C1=O. The fourth-order valence-electron chi connectivity index (χ4n) is 1.69. The van der Waals surface area contributed by atoms with Crippen molar-refractivity contribution in [3.05, 3.63) is 0 Å². The Kier molecular flexibility index (Phi) is 4.41. The highest BCUT2D eigenvalue weighted by molar-refractivity contribution is 6.07. The van der Waals surface area contributed by atoms with Gasteiger partial charge in [0.05, 0.1) is 12.6 Å². The van der Waals surface area contributed by atoms with Gasteiger partial charge in [-0.25, -0.2) is 4.79 Å². The van der Waals surface area contributed by atoms with Gasteiger partial charge < -0.3 is 15.8 Å². The minimum Gasteiger partial charge on any atom is -0.375 e. The molecule has 0 saturated carbocycles. The molecule has 110 valence electrons. The van der Waals surface area contributed by atoms with Gasteiger partial charge >= 0.3 is 12.2 Å². The van der Waals surface area contributed by atoms with E-state index in [2.05, 4.69) is 0 Å². The number of nitrogens with zero attached hydrogens (tertiary/aromatic N) is 1. The van der Waals surface area contributed by atoms with E-state index in [-0.39, 0.29) is 19.7 Å². The average Bonchev–Trinajstić information content (AvgIpc) is 2.52. The summed E-state index contributed by atoms with van der Waals surface area (Å²) in [4.78, 5) is 23.8. The zero-order chi connectivity index (χ0) is 14.8. The van der Waals surface area contributed by atoms with E-state index in [1.165, 1.54) is 0 Å². The first-order chi connectivity index (χ1) is 8.67. The van der Waals surface area contributed by atoms with Gasteiger partial charge in [-0.3, -0.25) is 9.69 Å². The van der Waals surface area contributed by atoms with Gasteiger partial charge in [0.15, 0.2) is 0 Å². The van der Waals surface area contributed by atoms with Crippen molar-refractivity contribution in [3.8, 4) is 0 Å². The van der Waals surface area contributed by atoms with Crippen LogP contribution in [-0.4, -0.2) is 54.4 Å². The third-order valence-corrected chi connectivity index (χ3v) is 2.89. The molecule has 3 amide bonds. The number of amides is 3. The number of nitrogens with one attached hydrogen (secondary N) is 1. The molecule has 1 heterocycles. The first-order valence-corrected chi connectivity index (χ1v) is 5.69. The molecule has 0 radical (unpaired) electrons. The average molecular weight is 283 g/mol. The minimum atomic E-state index is -4.86. The monoisotopic (exact) mass is 283 g/mol. The fourth-order valence-corrected chi connectivity index (χ4v) is 1.69. The smallest absolute Gasteiger partial charge is 0.375 e. The molecule has 9 heteroatoms. The summed E-state index contributed by atoms with van der Waals surface area (Å²) in [6, 6.07) is -1.09. The highest BCUT2D eigenvalue weighted by Gasteiger charge is 2.64. The van der Waals surface area contributed by atoms with Crippen LogP contribution in [0.3, 0.4) is 0 Å². The number of nitrogens with two attached hydrogens (primary N) is 1. The Morgan fingerprint density at radius 1 is 1.47 bits per heavy atom. The maximum atomic E-state index is 12.8. The number of imide groups is 1. The molecular weight excluding hydrogens is 267 g/mol. The number of urea groups is 1. The number of rotatable bonds is 5. The molecule has 0 aliphatic carbocycles. The second-order valence-electron chi connectivity index (χ2n) is 4.28. The summed E-state index contributed by atoms with van der Waals surface area (Å²) in [6.45, 7) is 2.27. The number of carbonyl (C=O) groups is 2. The molecule has 0 spiro atoms. The van der Waals surface area contributed by atoms with E-state index in [0.717, 1.165) is 0 Å². The maximum absolute atomic E-state index is 12.8. The number of hydrogen-bond acceptors (Lipinski definition) is 4. The highest BCUT2D eigenvalue weighted by atomic mass is 19.4. The van der Waals surface area contributed by atoms with Gasteiger partial charge in [0.25, 0.3) is 5.91 Å². The van der Waals surface area contributed by atoms with Gasteiger partial charge in [-0.1, -0.05) is 0 Å². The standard InChI is InChI=1S/C10H16F3N3O3/c1-3-19-6(4-14)5-16-7(17)9(2,10(11,12)13)15-8(16)18/h6H,3-5,14H2,1-2H3,(H,15,18). The van der Waals surface area contributed by atoms with Gasteiger partial charge in [0.2, 0.25) is 5.54 Å². The Labute approximate surface area is 108 Å². The van der Waals surface area contributed by atoms with Crippen LogP contribution < -0.4 is 11.1 Å². The van der Waals surface area contributed by atoms with Crippen molar-refractivity contribution in [1.82, 2.24) is 10.2 Å². The van der Waals surface area contributed by atoms with Crippen LogP contribution in [0.2, 0.25) is 0 Å². The zero-order valence-corrected chi connectivity index (χ0v) is 10.6. The summed E-state index contributed by atoms with van der Waals surface area (Å²) in [5, 5.41) is 1.66. The second-order valence-corrected chi connectivity index (χ2v) is 4.28. The van der Waals surface area contributed by atoms with Crippen LogP contribution in [0.4, 0.5) is 18.0 Å². The van der Waals surface area contributed by atoms with E-state index in [9.17, 15) is 22.8 Å². The molecule has 0 aromatic heterocycles. The van der Waals surface area contributed by atoms with Crippen LogP contribution in [0.15, 0.2) is 0 Å². The molecule has 0 bridgehead atoms. The summed E-state index contributed by atoms with van der Waals surface area (Å²) >= 11 is 0. The molecule has 2 unspecified atom stereocenters. The Morgan fingerprint density at radius 3 is 2.42 bits per heavy atom. The van der Waals surface area contributed by atoms with Crippen LogP contribution >= 0.6 is 0 Å². The van der Waals surface area contributed by atoms with Crippen molar-refractivity contribution in [2.24, 2.45) is 5.73 Å². The summed E-state index contributed by atoms with van der Waals surface area (Å²) in [7, 11) is 0. The predicted octanol–water partition coefficient (Wildman–Crippen LogP) is 0.223. The van der Waals surface area contributed by atoms with Crippen molar-refractivity contribution in [2.45, 2.75) is 31.7 Å². The van der Waals surface area contributed by atoms with Crippen LogP contribution in [0.5, 0.6) is 0 Å². The Morgan fingerprint density at radius 2 is 2.05 bits per heavy atom. The molecule has 6 nitrogen and oxygen atoms in total. The van der Waals surface area contributed by atoms with Gasteiger partial charge in [0, 0.05) is 13.2 Å². The highest BCUT2D eigenvalue weighted by Crippen LogP contribution is 2.35. The van der Waals surface area contributed by atoms with Crippen molar-refractivity contribution in [2.75, 3.05) is 19.7 Å². The number of carbonyl (C=O) groups excluding carboxylic acids is 2. The third kappa shape index (κ3) is 2.81.